The molecule has 0 aromatic carbocycles. The Hall–Kier alpha value is -1.38. The zero-order valence-corrected chi connectivity index (χ0v) is 5.89. The van der Waals surface area contributed by atoms with Crippen molar-refractivity contribution in [3.63, 3.8) is 0 Å². The zero-order valence-electron chi connectivity index (χ0n) is 5.89. The Morgan fingerprint density at radius 2 is 1.38 bits per heavy atom. The van der Waals surface area contributed by atoms with Crippen LogP contribution in [0.25, 0.3) is 0 Å². The topological polar surface area (TPSA) is 112 Å². The van der Waals surface area contributed by atoms with Crippen LogP contribution < -0.4 is 11.3 Å². The highest BCUT2D eigenvalue weighted by Crippen LogP contribution is 2.33. The zero-order chi connectivity index (χ0) is 10.2. The molecule has 78 valence electrons. The average molecular weight is 206 g/mol. The van der Waals surface area contributed by atoms with E-state index in [0.29, 0.717) is 0 Å². The van der Waals surface area contributed by atoms with Crippen molar-refractivity contribution in [1.82, 2.24) is 6.15 Å². The minimum absolute atomic E-state index is 0. The molecule has 0 aliphatic rings. The monoisotopic (exact) mass is 206 g/mol. The number of hydrogen-bond acceptors (Lipinski definition) is 4. The molecule has 0 fully saturated rings. The van der Waals surface area contributed by atoms with E-state index < -0.39 is 23.8 Å². The number of aliphatic carboxylic acids is 2. The van der Waals surface area contributed by atoms with Gasteiger partial charge in [-0.15, -0.1) is 0 Å². The maximum Gasteiger partial charge on any atom is 0.409 e. The molecule has 0 aliphatic heterocycles. The van der Waals surface area contributed by atoms with Crippen LogP contribution in [-0.2, 0) is 9.59 Å². The molecule has 0 aliphatic carbocycles. The summed E-state index contributed by atoms with van der Waals surface area (Å²) in [7, 11) is 0. The van der Waals surface area contributed by atoms with Crippen LogP contribution in [0, 0.1) is 0 Å². The van der Waals surface area contributed by atoms with E-state index in [1.54, 1.807) is 0 Å². The lowest BCUT2D eigenvalue weighted by molar-refractivity contribution is -0.346. The molecule has 0 saturated heterocycles. The van der Waals surface area contributed by atoms with E-state index >= 15 is 0 Å². The number of carbonyl (C=O) groups excluding carboxylic acids is 1. The van der Waals surface area contributed by atoms with Crippen molar-refractivity contribution in [2.75, 3.05) is 0 Å². The standard InChI is InChI=1S/C4H2F4O4.H3N/c5-3(6,1(9)10)4(7,8)2(11)12;/h(H,9,10)(H,11,12);1H3/p-1. The first-order valence-corrected chi connectivity index (χ1v) is 2.34. The number of carbonyl (C=O) groups is 2. The van der Waals surface area contributed by atoms with Gasteiger partial charge in [-0.05, 0) is 0 Å². The van der Waals surface area contributed by atoms with E-state index in [1.807, 2.05) is 0 Å². The second-order valence-electron chi connectivity index (χ2n) is 1.74. The predicted molar refractivity (Wildman–Crippen MR) is 27.6 cm³/mol. The summed E-state index contributed by atoms with van der Waals surface area (Å²) in [4.78, 5) is 18.8. The highest BCUT2D eigenvalue weighted by Gasteiger charge is 2.63. The van der Waals surface area contributed by atoms with Gasteiger partial charge in [-0.2, -0.15) is 17.6 Å². The summed E-state index contributed by atoms with van der Waals surface area (Å²) in [6, 6.07) is 0. The van der Waals surface area contributed by atoms with Crippen molar-refractivity contribution < 1.29 is 37.4 Å². The molecule has 13 heavy (non-hydrogen) atoms. The van der Waals surface area contributed by atoms with Gasteiger partial charge in [0.2, 0.25) is 0 Å². The summed E-state index contributed by atoms with van der Waals surface area (Å²) in [6.07, 6.45) is 0. The largest absolute Gasteiger partial charge is 0.544 e. The Labute approximate surface area is 68.5 Å². The summed E-state index contributed by atoms with van der Waals surface area (Å²) < 4.78 is 47.2. The lowest BCUT2D eigenvalue weighted by atomic mass is 10.2. The molecule has 9 heteroatoms. The summed E-state index contributed by atoms with van der Waals surface area (Å²) in [6.45, 7) is 0. The van der Waals surface area contributed by atoms with Gasteiger partial charge in [-0.3, -0.25) is 0 Å². The van der Waals surface area contributed by atoms with Gasteiger partial charge in [-0.25, -0.2) is 4.79 Å². The lowest BCUT2D eigenvalue weighted by Gasteiger charge is -2.22. The fraction of sp³-hybridized carbons (Fsp3) is 0.500. The fourth-order valence-electron chi connectivity index (χ4n) is 0.262. The lowest BCUT2D eigenvalue weighted by Crippen LogP contribution is -2.57. The Bertz CT molecular complexity index is 204. The predicted octanol–water partition coefficient (Wildman–Crippen LogP) is -0.746. The maximum absolute atomic E-state index is 11.8. The molecule has 0 atom stereocenters. The van der Waals surface area contributed by atoms with E-state index in [4.69, 9.17) is 5.11 Å². The van der Waals surface area contributed by atoms with Gasteiger partial charge in [0.15, 0.2) is 0 Å². The first-order chi connectivity index (χ1) is 5.14. The smallest absolute Gasteiger partial charge is 0.409 e. The highest BCUT2D eigenvalue weighted by molar-refractivity contribution is 5.87. The summed E-state index contributed by atoms with van der Waals surface area (Å²) >= 11 is 0. The van der Waals surface area contributed by atoms with E-state index in [1.165, 1.54) is 0 Å². The average Bonchev–Trinajstić information content (AvgIpc) is 1.86. The van der Waals surface area contributed by atoms with Crippen LogP contribution in [0.1, 0.15) is 0 Å². The molecule has 0 aromatic rings. The number of rotatable bonds is 3. The third-order valence-corrected chi connectivity index (χ3v) is 0.919. The van der Waals surface area contributed by atoms with Gasteiger partial charge >= 0.3 is 17.8 Å². The van der Waals surface area contributed by atoms with Crippen molar-refractivity contribution in [2.24, 2.45) is 0 Å². The molecule has 0 saturated carbocycles. The Morgan fingerprint density at radius 3 is 1.46 bits per heavy atom. The number of carboxylic acid groups (broad SMARTS) is 2. The second-order valence-corrected chi connectivity index (χ2v) is 1.74. The molecular formula is C4H4F4NO4-. The van der Waals surface area contributed by atoms with Crippen LogP contribution in [0.15, 0.2) is 0 Å². The minimum atomic E-state index is -5.71. The first-order valence-electron chi connectivity index (χ1n) is 2.34. The van der Waals surface area contributed by atoms with Crippen LogP contribution in [-0.4, -0.2) is 28.9 Å². The summed E-state index contributed by atoms with van der Waals surface area (Å²) in [5, 5.41) is 16.9. The van der Waals surface area contributed by atoms with Crippen LogP contribution >= 0.6 is 0 Å². The molecule has 0 bridgehead atoms. The molecule has 0 rings (SSSR count). The second kappa shape index (κ2) is 3.56. The highest BCUT2D eigenvalue weighted by atomic mass is 19.3. The van der Waals surface area contributed by atoms with E-state index in [9.17, 15) is 32.3 Å². The van der Waals surface area contributed by atoms with Crippen molar-refractivity contribution in [3.8, 4) is 0 Å². The molecule has 0 unspecified atom stereocenters. The number of carboxylic acids is 2. The van der Waals surface area contributed by atoms with Gasteiger partial charge < -0.3 is 21.2 Å². The van der Waals surface area contributed by atoms with Crippen LogP contribution in [0.5, 0.6) is 0 Å². The van der Waals surface area contributed by atoms with Gasteiger partial charge in [0.1, 0.15) is 5.97 Å². The summed E-state index contributed by atoms with van der Waals surface area (Å²) in [5.41, 5.74) is 0. The Kier molecular flexibility index (Phi) is 3.88. The Morgan fingerprint density at radius 1 is 1.08 bits per heavy atom. The number of hydrogen-bond donors (Lipinski definition) is 2. The fourth-order valence-corrected chi connectivity index (χ4v) is 0.262. The van der Waals surface area contributed by atoms with Gasteiger partial charge in [-0.1, -0.05) is 0 Å². The molecular weight excluding hydrogens is 202 g/mol. The van der Waals surface area contributed by atoms with E-state index in [2.05, 4.69) is 0 Å². The molecule has 0 amide bonds. The van der Waals surface area contributed by atoms with Crippen molar-refractivity contribution in [2.45, 2.75) is 11.8 Å². The minimum Gasteiger partial charge on any atom is -0.544 e. The van der Waals surface area contributed by atoms with Crippen LogP contribution in [0.2, 0.25) is 0 Å². The third-order valence-electron chi connectivity index (χ3n) is 0.919. The normalized spacial score (nSPS) is 11.7. The van der Waals surface area contributed by atoms with Crippen LogP contribution in [0.4, 0.5) is 17.6 Å². The third kappa shape index (κ3) is 2.05. The summed E-state index contributed by atoms with van der Waals surface area (Å²) in [5.74, 6) is -18.0. The van der Waals surface area contributed by atoms with Crippen molar-refractivity contribution in [1.29, 1.82) is 0 Å². The van der Waals surface area contributed by atoms with Crippen LogP contribution in [0.3, 0.4) is 0 Å². The molecule has 0 radical (unpaired) electrons. The Balaban J connectivity index is 0. The molecule has 0 heterocycles. The van der Waals surface area contributed by atoms with Gasteiger partial charge in [0.25, 0.3) is 0 Å². The molecule has 0 spiro atoms. The molecule has 0 aromatic heterocycles. The number of halogens is 4. The van der Waals surface area contributed by atoms with E-state index in [-0.39, 0.29) is 6.15 Å². The molecule has 5 nitrogen and oxygen atoms in total. The van der Waals surface area contributed by atoms with Crippen molar-refractivity contribution in [3.05, 3.63) is 0 Å². The maximum atomic E-state index is 11.8. The number of alkyl halides is 4. The SMILES string of the molecule is N.O=C([O-])C(F)(F)C(F)(F)C(=O)O. The first kappa shape index (κ1) is 14.2. The van der Waals surface area contributed by atoms with Gasteiger partial charge in [0.05, 0.1) is 0 Å². The van der Waals surface area contributed by atoms with E-state index in [0.717, 1.165) is 0 Å². The van der Waals surface area contributed by atoms with Crippen molar-refractivity contribution >= 4 is 11.9 Å². The molecule has 4 N–H and O–H groups in total. The quantitative estimate of drug-likeness (QED) is 0.590. The van der Waals surface area contributed by atoms with Gasteiger partial charge in [0, 0.05) is 0 Å².